The normalized spacial score (nSPS) is 16.8. The highest BCUT2D eigenvalue weighted by atomic mass is 16.1. The minimum absolute atomic E-state index is 0.625. The molecule has 1 amide bonds. The van der Waals surface area contributed by atoms with Crippen molar-refractivity contribution in [2.24, 2.45) is 5.92 Å². The van der Waals surface area contributed by atoms with E-state index < -0.39 is 0 Å². The van der Waals surface area contributed by atoms with Gasteiger partial charge < -0.3 is 14.2 Å². The Kier molecular flexibility index (Phi) is 4.96. The lowest BCUT2D eigenvalue weighted by molar-refractivity contribution is -0.118. The highest BCUT2D eigenvalue weighted by molar-refractivity contribution is 5.48. The SMILES string of the molecule is Cc1ccn2c(CN(C=O)CCC3CCN(C)CC3)cnc2c1. The molecular formula is C18H26N4O. The third-order valence-corrected chi connectivity index (χ3v) is 4.92. The molecule has 124 valence electrons. The molecule has 0 aromatic carbocycles. The first-order valence-electron chi connectivity index (χ1n) is 8.46. The number of carbonyl (C=O) groups is 1. The van der Waals surface area contributed by atoms with Crippen LogP contribution in [0, 0.1) is 12.8 Å². The molecule has 0 bridgehead atoms. The van der Waals surface area contributed by atoms with Gasteiger partial charge in [-0.2, -0.15) is 0 Å². The third-order valence-electron chi connectivity index (χ3n) is 4.92. The number of piperidine rings is 1. The smallest absolute Gasteiger partial charge is 0.210 e. The van der Waals surface area contributed by atoms with E-state index >= 15 is 0 Å². The van der Waals surface area contributed by atoms with Crippen molar-refractivity contribution in [3.8, 4) is 0 Å². The number of likely N-dealkylation sites (tertiary alicyclic amines) is 1. The van der Waals surface area contributed by atoms with E-state index in [2.05, 4.69) is 40.4 Å². The minimum atomic E-state index is 0.625. The fourth-order valence-corrected chi connectivity index (χ4v) is 3.33. The Bertz CT molecular complexity index is 658. The average Bonchev–Trinajstić information content (AvgIpc) is 2.94. The van der Waals surface area contributed by atoms with Gasteiger partial charge in [0, 0.05) is 12.7 Å². The van der Waals surface area contributed by atoms with E-state index in [4.69, 9.17) is 0 Å². The number of hydrogen-bond donors (Lipinski definition) is 0. The zero-order chi connectivity index (χ0) is 16.2. The Morgan fingerprint density at radius 3 is 2.91 bits per heavy atom. The van der Waals surface area contributed by atoms with Gasteiger partial charge in [-0.1, -0.05) is 0 Å². The van der Waals surface area contributed by atoms with Gasteiger partial charge in [0.1, 0.15) is 5.65 Å². The van der Waals surface area contributed by atoms with Crippen molar-refractivity contribution in [2.45, 2.75) is 32.7 Å². The minimum Gasteiger partial charge on any atom is -0.339 e. The summed E-state index contributed by atoms with van der Waals surface area (Å²) in [4.78, 5) is 20.1. The molecular weight excluding hydrogens is 288 g/mol. The Morgan fingerprint density at radius 2 is 2.17 bits per heavy atom. The number of carbonyl (C=O) groups excluding carboxylic acids is 1. The zero-order valence-corrected chi connectivity index (χ0v) is 14.1. The first-order valence-corrected chi connectivity index (χ1v) is 8.46. The molecule has 0 atom stereocenters. The van der Waals surface area contributed by atoms with E-state index in [-0.39, 0.29) is 0 Å². The second-order valence-corrected chi connectivity index (χ2v) is 6.79. The average molecular weight is 314 g/mol. The molecule has 5 heteroatoms. The maximum absolute atomic E-state index is 11.4. The third kappa shape index (κ3) is 3.91. The van der Waals surface area contributed by atoms with Crippen LogP contribution in [-0.2, 0) is 11.3 Å². The van der Waals surface area contributed by atoms with Gasteiger partial charge in [-0.15, -0.1) is 0 Å². The zero-order valence-electron chi connectivity index (χ0n) is 14.1. The van der Waals surface area contributed by atoms with Crippen LogP contribution < -0.4 is 0 Å². The standard InChI is InChI=1S/C18H26N4O/c1-15-3-10-22-17(12-19-18(22)11-15)13-21(14-23)9-6-16-4-7-20(2)8-5-16/h3,10-12,14,16H,4-9,13H2,1-2H3. The van der Waals surface area contributed by atoms with Crippen LogP contribution in [0.1, 0.15) is 30.5 Å². The lowest BCUT2D eigenvalue weighted by Crippen LogP contribution is -2.32. The van der Waals surface area contributed by atoms with Gasteiger partial charge >= 0.3 is 0 Å². The van der Waals surface area contributed by atoms with Crippen molar-refractivity contribution in [3.63, 3.8) is 0 Å². The van der Waals surface area contributed by atoms with E-state index in [9.17, 15) is 4.79 Å². The van der Waals surface area contributed by atoms with Gasteiger partial charge in [-0.3, -0.25) is 4.79 Å². The molecule has 0 radical (unpaired) electrons. The molecule has 1 aliphatic rings. The Labute approximate surface area is 137 Å². The highest BCUT2D eigenvalue weighted by Gasteiger charge is 2.17. The second kappa shape index (κ2) is 7.13. The molecule has 3 rings (SSSR count). The molecule has 2 aromatic rings. The molecule has 5 nitrogen and oxygen atoms in total. The molecule has 1 fully saturated rings. The van der Waals surface area contributed by atoms with Crippen LogP contribution in [0.25, 0.3) is 5.65 Å². The molecule has 1 aliphatic heterocycles. The lowest BCUT2D eigenvalue weighted by atomic mass is 9.94. The summed E-state index contributed by atoms with van der Waals surface area (Å²) in [5.41, 5.74) is 3.21. The van der Waals surface area contributed by atoms with Crippen LogP contribution in [0.5, 0.6) is 0 Å². The summed E-state index contributed by atoms with van der Waals surface area (Å²) in [5.74, 6) is 0.749. The summed E-state index contributed by atoms with van der Waals surface area (Å²) in [5, 5.41) is 0. The van der Waals surface area contributed by atoms with E-state index in [1.807, 2.05) is 17.3 Å². The van der Waals surface area contributed by atoms with Gasteiger partial charge in [0.25, 0.3) is 0 Å². The predicted octanol–water partition coefficient (Wildman–Crippen LogP) is 2.33. The molecule has 0 N–H and O–H groups in total. The predicted molar refractivity (Wildman–Crippen MR) is 91.2 cm³/mol. The van der Waals surface area contributed by atoms with Crippen molar-refractivity contribution in [2.75, 3.05) is 26.7 Å². The molecule has 2 aromatic heterocycles. The van der Waals surface area contributed by atoms with Crippen LogP contribution in [0.4, 0.5) is 0 Å². The van der Waals surface area contributed by atoms with Crippen molar-refractivity contribution in [1.29, 1.82) is 0 Å². The van der Waals surface area contributed by atoms with Crippen molar-refractivity contribution >= 4 is 12.1 Å². The first-order chi connectivity index (χ1) is 11.2. The van der Waals surface area contributed by atoms with Gasteiger partial charge in [0.2, 0.25) is 6.41 Å². The van der Waals surface area contributed by atoms with Gasteiger partial charge in [0.15, 0.2) is 0 Å². The van der Waals surface area contributed by atoms with E-state index in [0.717, 1.165) is 36.6 Å². The quantitative estimate of drug-likeness (QED) is 0.769. The van der Waals surface area contributed by atoms with Crippen LogP contribution in [0.2, 0.25) is 0 Å². The van der Waals surface area contributed by atoms with Crippen molar-refractivity contribution < 1.29 is 4.79 Å². The molecule has 0 unspecified atom stereocenters. The summed E-state index contributed by atoms with van der Waals surface area (Å²) in [7, 11) is 2.18. The maximum Gasteiger partial charge on any atom is 0.210 e. The number of aryl methyl sites for hydroxylation is 1. The number of fused-ring (bicyclic) bond motifs is 1. The monoisotopic (exact) mass is 314 g/mol. The number of imidazole rings is 1. The Balaban J connectivity index is 1.59. The number of nitrogens with zero attached hydrogens (tertiary/aromatic N) is 4. The topological polar surface area (TPSA) is 40.9 Å². The van der Waals surface area contributed by atoms with Crippen LogP contribution in [0.3, 0.4) is 0 Å². The molecule has 0 spiro atoms. The van der Waals surface area contributed by atoms with E-state index in [0.29, 0.717) is 6.54 Å². The number of rotatable bonds is 6. The number of pyridine rings is 1. The van der Waals surface area contributed by atoms with Gasteiger partial charge in [-0.05, 0) is 69.9 Å². The van der Waals surface area contributed by atoms with Crippen LogP contribution in [-0.4, -0.2) is 52.3 Å². The summed E-state index contributed by atoms with van der Waals surface area (Å²) >= 11 is 0. The summed E-state index contributed by atoms with van der Waals surface area (Å²) < 4.78 is 2.07. The van der Waals surface area contributed by atoms with Crippen LogP contribution >= 0.6 is 0 Å². The van der Waals surface area contributed by atoms with E-state index in [1.54, 1.807) is 0 Å². The number of amides is 1. The summed E-state index contributed by atoms with van der Waals surface area (Å²) in [6, 6.07) is 4.13. The summed E-state index contributed by atoms with van der Waals surface area (Å²) in [6.45, 7) is 5.88. The largest absolute Gasteiger partial charge is 0.339 e. The van der Waals surface area contributed by atoms with E-state index in [1.165, 1.54) is 31.5 Å². The molecule has 0 saturated carbocycles. The number of aromatic nitrogens is 2. The fourth-order valence-electron chi connectivity index (χ4n) is 3.33. The first kappa shape index (κ1) is 16.0. The molecule has 3 heterocycles. The van der Waals surface area contributed by atoms with Gasteiger partial charge in [-0.25, -0.2) is 4.98 Å². The Morgan fingerprint density at radius 1 is 1.39 bits per heavy atom. The molecule has 0 aliphatic carbocycles. The van der Waals surface area contributed by atoms with Crippen LogP contribution in [0.15, 0.2) is 24.5 Å². The lowest BCUT2D eigenvalue weighted by Gasteiger charge is -2.30. The fraction of sp³-hybridized carbons (Fsp3) is 0.556. The highest BCUT2D eigenvalue weighted by Crippen LogP contribution is 2.20. The summed E-state index contributed by atoms with van der Waals surface area (Å²) in [6.07, 6.45) is 8.48. The second-order valence-electron chi connectivity index (χ2n) is 6.79. The van der Waals surface area contributed by atoms with Crippen molar-refractivity contribution in [3.05, 3.63) is 35.8 Å². The number of hydrogen-bond acceptors (Lipinski definition) is 3. The van der Waals surface area contributed by atoms with Gasteiger partial charge in [0.05, 0.1) is 18.4 Å². The molecule has 1 saturated heterocycles. The Hall–Kier alpha value is -1.88. The molecule has 23 heavy (non-hydrogen) atoms. The van der Waals surface area contributed by atoms with Crippen molar-refractivity contribution in [1.82, 2.24) is 19.2 Å². The maximum atomic E-state index is 11.4.